The van der Waals surface area contributed by atoms with Crippen molar-refractivity contribution in [1.29, 1.82) is 0 Å². The highest BCUT2D eigenvalue weighted by atomic mass is 35.5. The summed E-state index contributed by atoms with van der Waals surface area (Å²) in [7, 11) is 0. The molecule has 0 fully saturated rings. The molecule has 0 bridgehead atoms. The average Bonchev–Trinajstić information content (AvgIpc) is 3.32. The number of hydrogen-bond acceptors (Lipinski definition) is 5. The second-order valence-corrected chi connectivity index (χ2v) is 9.35. The Morgan fingerprint density at radius 3 is 2.61 bits per heavy atom. The summed E-state index contributed by atoms with van der Waals surface area (Å²) in [6.07, 6.45) is 1.97. The number of halogens is 1. The number of oxazole rings is 1. The third-order valence-corrected chi connectivity index (χ3v) is 6.40. The van der Waals surface area contributed by atoms with Gasteiger partial charge in [0.2, 0.25) is 5.89 Å². The minimum Gasteiger partial charge on any atom is -0.494 e. The number of nitrogens with zero attached hydrogens (tertiary/aromatic N) is 1. The summed E-state index contributed by atoms with van der Waals surface area (Å²) in [5, 5.41) is 6.25. The zero-order chi connectivity index (χ0) is 25.7. The van der Waals surface area contributed by atoms with Crippen molar-refractivity contribution in [3.63, 3.8) is 0 Å². The summed E-state index contributed by atoms with van der Waals surface area (Å²) in [4.78, 5) is 17.3. The minimum absolute atomic E-state index is 0.126. The van der Waals surface area contributed by atoms with Gasteiger partial charge in [-0.25, -0.2) is 4.98 Å². The van der Waals surface area contributed by atoms with Crippen LogP contribution in [0.25, 0.3) is 22.6 Å². The lowest BCUT2D eigenvalue weighted by molar-refractivity contribution is 0.0977. The molecule has 186 valence electrons. The molecule has 8 heteroatoms. The molecule has 1 aromatic heterocycles. The van der Waals surface area contributed by atoms with E-state index in [9.17, 15) is 4.79 Å². The van der Waals surface area contributed by atoms with Gasteiger partial charge in [-0.3, -0.25) is 10.1 Å². The molecule has 2 N–H and O–H groups in total. The normalized spacial score (nSPS) is 11.8. The number of aromatic nitrogens is 1. The summed E-state index contributed by atoms with van der Waals surface area (Å²) in [5.74, 6) is 1.31. The van der Waals surface area contributed by atoms with E-state index in [-0.39, 0.29) is 11.0 Å². The highest BCUT2D eigenvalue weighted by Crippen LogP contribution is 2.31. The maximum atomic E-state index is 12.6. The summed E-state index contributed by atoms with van der Waals surface area (Å²) < 4.78 is 11.5. The van der Waals surface area contributed by atoms with E-state index in [0.29, 0.717) is 40.4 Å². The number of anilines is 1. The zero-order valence-corrected chi connectivity index (χ0v) is 22.0. The first-order valence-electron chi connectivity index (χ1n) is 11.9. The first-order chi connectivity index (χ1) is 17.4. The van der Waals surface area contributed by atoms with Crippen LogP contribution in [0.5, 0.6) is 5.75 Å². The largest absolute Gasteiger partial charge is 0.494 e. The van der Waals surface area contributed by atoms with Crippen molar-refractivity contribution in [3.8, 4) is 17.2 Å². The Morgan fingerprint density at radius 1 is 1.11 bits per heavy atom. The molecule has 1 heterocycles. The van der Waals surface area contributed by atoms with Crippen molar-refractivity contribution in [2.75, 3.05) is 11.9 Å². The van der Waals surface area contributed by atoms with E-state index in [0.717, 1.165) is 29.5 Å². The topological polar surface area (TPSA) is 76.4 Å². The highest BCUT2D eigenvalue weighted by Gasteiger charge is 2.14. The third kappa shape index (κ3) is 6.04. The minimum atomic E-state index is -0.335. The van der Waals surface area contributed by atoms with Crippen LogP contribution >= 0.6 is 23.8 Å². The first kappa shape index (κ1) is 25.7. The molecule has 1 atom stereocenters. The van der Waals surface area contributed by atoms with Crippen LogP contribution in [-0.4, -0.2) is 22.6 Å². The highest BCUT2D eigenvalue weighted by molar-refractivity contribution is 7.80. The number of nitrogens with one attached hydrogen (secondary N) is 2. The van der Waals surface area contributed by atoms with Gasteiger partial charge in [0.25, 0.3) is 5.91 Å². The van der Waals surface area contributed by atoms with Crippen LogP contribution in [0, 0.1) is 0 Å². The molecule has 4 aromatic rings. The number of fused-ring (bicyclic) bond motifs is 1. The molecule has 0 saturated carbocycles. The molecule has 0 saturated heterocycles. The number of rotatable bonds is 8. The van der Waals surface area contributed by atoms with Crippen molar-refractivity contribution in [2.24, 2.45) is 0 Å². The number of ether oxygens (including phenoxy) is 1. The number of thiocarbonyl (C=S) groups is 1. The lowest BCUT2D eigenvalue weighted by atomic mass is 9.98. The Balaban J connectivity index is 1.46. The lowest BCUT2D eigenvalue weighted by Crippen LogP contribution is -2.34. The van der Waals surface area contributed by atoms with Gasteiger partial charge in [-0.2, -0.15) is 0 Å². The van der Waals surface area contributed by atoms with Gasteiger partial charge in [0.15, 0.2) is 10.7 Å². The smallest absolute Gasteiger partial charge is 0.257 e. The first-order valence-corrected chi connectivity index (χ1v) is 12.7. The van der Waals surface area contributed by atoms with Crippen molar-refractivity contribution < 1.29 is 13.9 Å². The van der Waals surface area contributed by atoms with Gasteiger partial charge >= 0.3 is 0 Å². The van der Waals surface area contributed by atoms with E-state index in [1.807, 2.05) is 19.1 Å². The molecular weight excluding hydrogens is 494 g/mol. The number of amides is 1. The van der Waals surface area contributed by atoms with E-state index in [2.05, 4.69) is 41.6 Å². The number of benzene rings is 3. The standard InChI is InChI=1S/C28H28ClN3O3S/c1-4-14-34-21-10-6-18(7-11-21)26(33)32-28(36)31-23-16-20(8-12-22(23)29)27-30-24-15-19(17(3)5-2)9-13-25(24)35-27/h6-13,15-17H,4-5,14H2,1-3H3,(H2,31,32,33,36)/t17-/m1/s1. The predicted octanol–water partition coefficient (Wildman–Crippen LogP) is 7.58. The number of hydrogen-bond donors (Lipinski definition) is 2. The Kier molecular flexibility index (Phi) is 8.23. The summed E-state index contributed by atoms with van der Waals surface area (Å²) in [6, 6.07) is 18.4. The fourth-order valence-corrected chi connectivity index (χ4v) is 3.98. The monoisotopic (exact) mass is 521 g/mol. The quantitative estimate of drug-likeness (QED) is 0.233. The molecule has 0 unspecified atom stereocenters. The molecule has 6 nitrogen and oxygen atoms in total. The molecule has 0 spiro atoms. The SMILES string of the molecule is CCCOc1ccc(C(=O)NC(=S)Nc2cc(-c3nc4cc([C@H](C)CC)ccc4o3)ccc2Cl)cc1. The molecule has 4 rings (SSSR count). The van der Waals surface area contributed by atoms with Crippen molar-refractivity contribution in [1.82, 2.24) is 10.3 Å². The molecule has 0 aliphatic heterocycles. The van der Waals surface area contributed by atoms with Gasteiger partial charge in [0.1, 0.15) is 11.3 Å². The van der Waals surface area contributed by atoms with Gasteiger partial charge in [-0.15, -0.1) is 0 Å². The van der Waals surface area contributed by atoms with E-state index in [1.54, 1.807) is 36.4 Å². The van der Waals surface area contributed by atoms with Crippen molar-refractivity contribution in [2.45, 2.75) is 39.5 Å². The van der Waals surface area contributed by atoms with E-state index in [1.165, 1.54) is 5.56 Å². The lowest BCUT2D eigenvalue weighted by Gasteiger charge is -2.12. The van der Waals surface area contributed by atoms with Gasteiger partial charge in [-0.1, -0.05) is 38.4 Å². The fraction of sp³-hybridized carbons (Fsp3) is 0.250. The van der Waals surface area contributed by atoms with Crippen LogP contribution in [0.2, 0.25) is 5.02 Å². The number of carbonyl (C=O) groups is 1. The van der Waals surface area contributed by atoms with E-state index in [4.69, 9.17) is 33.0 Å². The van der Waals surface area contributed by atoms with Gasteiger partial charge in [0, 0.05) is 11.1 Å². The van der Waals surface area contributed by atoms with Crippen LogP contribution in [0.15, 0.2) is 65.1 Å². The second kappa shape index (κ2) is 11.5. The maximum absolute atomic E-state index is 12.6. The fourth-order valence-electron chi connectivity index (χ4n) is 3.62. The maximum Gasteiger partial charge on any atom is 0.257 e. The molecule has 1 amide bonds. The van der Waals surface area contributed by atoms with Crippen LogP contribution < -0.4 is 15.4 Å². The summed E-state index contributed by atoms with van der Waals surface area (Å²) in [6.45, 7) is 7.02. The van der Waals surface area contributed by atoms with Gasteiger partial charge < -0.3 is 14.5 Å². The van der Waals surface area contributed by atoms with Crippen LogP contribution in [-0.2, 0) is 0 Å². The molecule has 3 aromatic carbocycles. The van der Waals surface area contributed by atoms with Crippen molar-refractivity contribution in [3.05, 3.63) is 76.8 Å². The molecular formula is C28H28ClN3O3S. The Labute approximate surface area is 221 Å². The zero-order valence-electron chi connectivity index (χ0n) is 20.4. The Hall–Kier alpha value is -3.42. The summed E-state index contributed by atoms with van der Waals surface area (Å²) in [5.41, 5.74) is 4.49. The molecule has 0 aliphatic carbocycles. The van der Waals surface area contributed by atoms with E-state index < -0.39 is 0 Å². The average molecular weight is 522 g/mol. The van der Waals surface area contributed by atoms with Crippen LogP contribution in [0.1, 0.15) is 55.5 Å². The Morgan fingerprint density at radius 2 is 1.89 bits per heavy atom. The third-order valence-electron chi connectivity index (χ3n) is 5.87. The second-order valence-electron chi connectivity index (χ2n) is 8.53. The predicted molar refractivity (Wildman–Crippen MR) is 149 cm³/mol. The molecule has 0 aliphatic rings. The van der Waals surface area contributed by atoms with Gasteiger partial charge in [0.05, 0.1) is 17.3 Å². The summed E-state index contributed by atoms with van der Waals surface area (Å²) >= 11 is 11.7. The molecule has 0 radical (unpaired) electrons. The van der Waals surface area contributed by atoms with E-state index >= 15 is 0 Å². The Bertz CT molecular complexity index is 1380. The number of carbonyl (C=O) groups excluding carboxylic acids is 1. The van der Waals surface area contributed by atoms with Crippen molar-refractivity contribution >= 4 is 51.6 Å². The molecule has 36 heavy (non-hydrogen) atoms. The van der Waals surface area contributed by atoms with Crippen LogP contribution in [0.4, 0.5) is 5.69 Å². The van der Waals surface area contributed by atoms with Gasteiger partial charge in [-0.05, 0) is 91.1 Å². The van der Waals surface area contributed by atoms with Crippen LogP contribution in [0.3, 0.4) is 0 Å².